The van der Waals surface area contributed by atoms with Crippen LogP contribution in [0.25, 0.3) is 0 Å². The van der Waals surface area contributed by atoms with Crippen molar-refractivity contribution in [2.24, 2.45) is 13.0 Å². The van der Waals surface area contributed by atoms with Crippen LogP contribution in [0.5, 0.6) is 0 Å². The van der Waals surface area contributed by atoms with E-state index in [-0.39, 0.29) is 0 Å². The van der Waals surface area contributed by atoms with E-state index in [2.05, 4.69) is 15.3 Å². The third-order valence-corrected chi connectivity index (χ3v) is 3.56. The average Bonchev–Trinajstić information content (AvgIpc) is 2.81. The van der Waals surface area contributed by atoms with Crippen LogP contribution in [0.1, 0.15) is 12.1 Å². The lowest BCUT2D eigenvalue weighted by Gasteiger charge is -2.16. The Morgan fingerprint density at radius 1 is 1.62 bits per heavy atom. The number of hydrogen-bond acceptors (Lipinski definition) is 3. The fourth-order valence-corrected chi connectivity index (χ4v) is 2.56. The van der Waals surface area contributed by atoms with Gasteiger partial charge < -0.3 is 5.32 Å². The molecule has 1 N–H and O–H groups in total. The molecule has 0 spiro atoms. The summed E-state index contributed by atoms with van der Waals surface area (Å²) in [5.74, 6) is 0.775. The Kier molecular flexibility index (Phi) is 3.84. The van der Waals surface area contributed by atoms with Crippen molar-refractivity contribution in [1.82, 2.24) is 20.0 Å². The summed E-state index contributed by atoms with van der Waals surface area (Å²) in [5, 5.41) is 8.18. The highest BCUT2D eigenvalue weighted by Gasteiger charge is 2.23. The van der Waals surface area contributed by atoms with E-state index in [4.69, 9.17) is 11.6 Å². The Labute approximate surface area is 102 Å². The van der Waals surface area contributed by atoms with E-state index in [0.717, 1.165) is 42.8 Å². The number of hydrogen-bond donors (Lipinski definition) is 1. The molecule has 0 amide bonds. The van der Waals surface area contributed by atoms with Crippen molar-refractivity contribution >= 4 is 11.6 Å². The minimum absolute atomic E-state index is 0.775. The van der Waals surface area contributed by atoms with Crippen LogP contribution >= 0.6 is 11.6 Å². The van der Waals surface area contributed by atoms with Crippen LogP contribution in [0, 0.1) is 5.92 Å². The van der Waals surface area contributed by atoms with Gasteiger partial charge in [0.25, 0.3) is 0 Å². The van der Waals surface area contributed by atoms with Gasteiger partial charge in [-0.2, -0.15) is 5.10 Å². The van der Waals surface area contributed by atoms with Crippen LogP contribution < -0.4 is 5.32 Å². The predicted octanol–water partition coefficient (Wildman–Crippen LogP) is 1.11. The molecule has 2 rings (SSSR count). The second kappa shape index (κ2) is 5.17. The Morgan fingerprint density at radius 2 is 2.44 bits per heavy atom. The Hall–Kier alpha value is -0.580. The first-order chi connectivity index (χ1) is 7.70. The minimum Gasteiger partial charge on any atom is -0.319 e. The molecule has 1 aromatic rings. The average molecular weight is 243 g/mol. The van der Waals surface area contributed by atoms with Crippen LogP contribution in [0.2, 0.25) is 5.02 Å². The Bertz CT molecular complexity index is 330. The van der Waals surface area contributed by atoms with Gasteiger partial charge >= 0.3 is 0 Å². The molecule has 0 aromatic carbocycles. The predicted molar refractivity (Wildman–Crippen MR) is 65.5 cm³/mol. The van der Waals surface area contributed by atoms with Crippen molar-refractivity contribution in [1.29, 1.82) is 0 Å². The summed E-state index contributed by atoms with van der Waals surface area (Å²) in [7, 11) is 3.96. The van der Waals surface area contributed by atoms with Gasteiger partial charge in [-0.1, -0.05) is 11.6 Å². The van der Waals surface area contributed by atoms with Crippen molar-refractivity contribution in [2.45, 2.75) is 13.0 Å². The van der Waals surface area contributed by atoms with Gasteiger partial charge in [0.15, 0.2) is 0 Å². The highest BCUT2D eigenvalue weighted by atomic mass is 35.5. The number of aryl methyl sites for hydroxylation is 1. The first-order valence-corrected chi connectivity index (χ1v) is 6.12. The fourth-order valence-electron chi connectivity index (χ4n) is 2.34. The molecule has 4 nitrogen and oxygen atoms in total. The fraction of sp³-hybridized carbons (Fsp3) is 0.727. The largest absolute Gasteiger partial charge is 0.319 e. The second-order valence-corrected chi connectivity index (χ2v) is 4.92. The maximum absolute atomic E-state index is 6.10. The highest BCUT2D eigenvalue weighted by Crippen LogP contribution is 2.21. The number of nitrogens with zero attached hydrogens (tertiary/aromatic N) is 3. The Balaban J connectivity index is 1.92. The molecule has 5 heteroatoms. The first-order valence-electron chi connectivity index (χ1n) is 5.74. The van der Waals surface area contributed by atoms with Crippen molar-refractivity contribution in [3.63, 3.8) is 0 Å². The normalized spacial score (nSPS) is 21.8. The quantitative estimate of drug-likeness (QED) is 0.859. The molecule has 1 fully saturated rings. The summed E-state index contributed by atoms with van der Waals surface area (Å²) in [6.07, 6.45) is 2.99. The lowest BCUT2D eigenvalue weighted by molar-refractivity contribution is 0.306. The first kappa shape index (κ1) is 11.9. The molecule has 0 bridgehead atoms. The van der Waals surface area contributed by atoms with Crippen LogP contribution in [-0.2, 0) is 13.6 Å². The topological polar surface area (TPSA) is 33.1 Å². The zero-order valence-electron chi connectivity index (χ0n) is 9.91. The zero-order chi connectivity index (χ0) is 11.5. The van der Waals surface area contributed by atoms with Gasteiger partial charge in [0.1, 0.15) is 0 Å². The molecule has 1 aliphatic heterocycles. The molecule has 16 heavy (non-hydrogen) atoms. The van der Waals surface area contributed by atoms with Gasteiger partial charge in [0, 0.05) is 20.1 Å². The van der Waals surface area contributed by atoms with Crippen molar-refractivity contribution in [2.75, 3.05) is 26.7 Å². The van der Waals surface area contributed by atoms with E-state index in [0.29, 0.717) is 0 Å². The molecule has 90 valence electrons. The molecule has 1 unspecified atom stereocenters. The smallest absolute Gasteiger partial charge is 0.0831 e. The molecule has 0 radical (unpaired) electrons. The van der Waals surface area contributed by atoms with E-state index < -0.39 is 0 Å². The lowest BCUT2D eigenvalue weighted by Crippen LogP contribution is -2.25. The van der Waals surface area contributed by atoms with Crippen molar-refractivity contribution in [3.05, 3.63) is 16.9 Å². The van der Waals surface area contributed by atoms with Crippen molar-refractivity contribution in [3.8, 4) is 0 Å². The molecule has 0 saturated carbocycles. The van der Waals surface area contributed by atoms with Crippen molar-refractivity contribution < 1.29 is 0 Å². The summed E-state index contributed by atoms with van der Waals surface area (Å²) >= 11 is 6.10. The zero-order valence-corrected chi connectivity index (χ0v) is 10.7. The van der Waals surface area contributed by atoms with Gasteiger partial charge in [0.05, 0.1) is 16.9 Å². The maximum atomic E-state index is 6.10. The number of halogens is 1. The number of nitrogens with one attached hydrogen (secondary N) is 1. The Morgan fingerprint density at radius 3 is 3.06 bits per heavy atom. The third-order valence-electron chi connectivity index (χ3n) is 3.25. The molecule has 2 heterocycles. The SMILES string of the molecule is CNCC1CCN(Cc2c(Cl)cnn2C)C1. The third kappa shape index (κ3) is 2.56. The molecular formula is C11H19ClN4. The van der Waals surface area contributed by atoms with Gasteiger partial charge in [-0.25, -0.2) is 0 Å². The van der Waals surface area contributed by atoms with Gasteiger partial charge in [-0.15, -0.1) is 0 Å². The van der Waals surface area contributed by atoms with Gasteiger partial charge in [-0.05, 0) is 32.5 Å². The number of likely N-dealkylation sites (tertiary alicyclic amines) is 1. The van der Waals surface area contributed by atoms with Crippen LogP contribution in [0.4, 0.5) is 0 Å². The monoisotopic (exact) mass is 242 g/mol. The molecular weight excluding hydrogens is 224 g/mol. The maximum Gasteiger partial charge on any atom is 0.0831 e. The highest BCUT2D eigenvalue weighted by molar-refractivity contribution is 6.31. The van der Waals surface area contributed by atoms with E-state index in [9.17, 15) is 0 Å². The van der Waals surface area contributed by atoms with E-state index in [1.165, 1.54) is 6.42 Å². The molecule has 1 aliphatic rings. The lowest BCUT2D eigenvalue weighted by atomic mass is 10.1. The summed E-state index contributed by atoms with van der Waals surface area (Å²) in [6, 6.07) is 0. The molecule has 1 atom stereocenters. The van der Waals surface area contributed by atoms with E-state index >= 15 is 0 Å². The molecule has 1 aromatic heterocycles. The second-order valence-electron chi connectivity index (χ2n) is 4.51. The van der Waals surface area contributed by atoms with Gasteiger partial charge in [-0.3, -0.25) is 9.58 Å². The molecule has 1 saturated heterocycles. The summed E-state index contributed by atoms with van der Waals surface area (Å²) in [5.41, 5.74) is 1.12. The molecule has 0 aliphatic carbocycles. The standard InChI is InChI=1S/C11H19ClN4/c1-13-5-9-3-4-16(7-9)8-11-10(12)6-14-15(11)2/h6,9,13H,3-5,7-8H2,1-2H3. The minimum atomic E-state index is 0.775. The number of rotatable bonds is 4. The number of aromatic nitrogens is 2. The van der Waals surface area contributed by atoms with E-state index in [1.54, 1.807) is 6.20 Å². The summed E-state index contributed by atoms with van der Waals surface area (Å²) < 4.78 is 1.87. The summed E-state index contributed by atoms with van der Waals surface area (Å²) in [6.45, 7) is 4.33. The van der Waals surface area contributed by atoms with Crippen LogP contribution in [0.3, 0.4) is 0 Å². The van der Waals surface area contributed by atoms with Crippen LogP contribution in [-0.4, -0.2) is 41.4 Å². The summed E-state index contributed by atoms with van der Waals surface area (Å²) in [4.78, 5) is 2.45. The van der Waals surface area contributed by atoms with E-state index in [1.807, 2.05) is 18.8 Å². The van der Waals surface area contributed by atoms with Crippen LogP contribution in [0.15, 0.2) is 6.20 Å². The van der Waals surface area contributed by atoms with Gasteiger partial charge in [0.2, 0.25) is 0 Å².